The highest BCUT2D eigenvalue weighted by molar-refractivity contribution is 7.47. The van der Waals surface area contributed by atoms with E-state index in [0.717, 1.165) is 12.8 Å². The van der Waals surface area contributed by atoms with Crippen LogP contribution < -0.4 is 0 Å². The van der Waals surface area contributed by atoms with E-state index in [9.17, 15) is 23.7 Å². The van der Waals surface area contributed by atoms with Crippen molar-refractivity contribution in [3.8, 4) is 0 Å². The second-order valence-corrected chi connectivity index (χ2v) is 13.8. The number of unbranched alkanes of at least 4 members (excludes halogenated alkanes) is 13. The molecule has 0 fully saturated rings. The van der Waals surface area contributed by atoms with Crippen LogP contribution in [0.5, 0.6) is 0 Å². The van der Waals surface area contributed by atoms with Crippen molar-refractivity contribution in [1.82, 2.24) is 0 Å². The molecule has 11 heteroatoms. The van der Waals surface area contributed by atoms with E-state index < -0.39 is 21.2 Å². The minimum atomic E-state index is -4.22. The molecule has 0 heterocycles. The average Bonchev–Trinajstić information content (AvgIpc) is 2.80. The van der Waals surface area contributed by atoms with Gasteiger partial charge in [-0.1, -0.05) is 91.4 Å². The molecule has 0 aliphatic rings. The van der Waals surface area contributed by atoms with Crippen molar-refractivity contribution in [2.24, 2.45) is 0 Å². The predicted octanol–water partition coefficient (Wildman–Crippen LogP) is 9.30. The molecule has 2 N–H and O–H groups in total. The molecule has 2 unspecified atom stereocenters. The normalized spacial score (nSPS) is 14.9. The van der Waals surface area contributed by atoms with Crippen LogP contribution in [0.1, 0.15) is 151 Å². The fourth-order valence-corrected chi connectivity index (χ4v) is 5.80. The highest BCUT2D eigenvalue weighted by Crippen LogP contribution is 2.47. The SMILES string of the molecule is C.CCCCCCCCCCCCCCCC(=O)CCCCOP(=O)(O)OCCCOP(=O)(O)OC(C)(C)C. The summed E-state index contributed by atoms with van der Waals surface area (Å²) in [4.78, 5) is 31.3. The fraction of sp³-hybridized carbons (Fsp3) is 0.964. The zero-order valence-corrected chi connectivity index (χ0v) is 26.3. The summed E-state index contributed by atoms with van der Waals surface area (Å²) in [7, 11) is -8.41. The summed E-state index contributed by atoms with van der Waals surface area (Å²) in [6.45, 7) is 6.78. The number of hydrogen-bond acceptors (Lipinski definition) is 7. The molecule has 0 spiro atoms. The lowest BCUT2D eigenvalue weighted by atomic mass is 10.0. The number of phosphoric acid groups is 2. The zero-order valence-electron chi connectivity index (χ0n) is 24.5. The molecule has 236 valence electrons. The Morgan fingerprint density at radius 1 is 0.590 bits per heavy atom. The minimum absolute atomic E-state index is 0. The summed E-state index contributed by atoms with van der Waals surface area (Å²) in [5.41, 5.74) is -0.841. The van der Waals surface area contributed by atoms with Crippen LogP contribution in [0.2, 0.25) is 0 Å². The molecule has 0 amide bonds. The molecule has 0 rings (SSSR count). The van der Waals surface area contributed by atoms with Crippen LogP contribution in [0.25, 0.3) is 0 Å². The smallest absolute Gasteiger partial charge is 0.302 e. The van der Waals surface area contributed by atoms with E-state index in [1.165, 1.54) is 70.6 Å². The first-order valence-corrected chi connectivity index (χ1v) is 17.7. The van der Waals surface area contributed by atoms with E-state index in [2.05, 4.69) is 6.92 Å². The van der Waals surface area contributed by atoms with E-state index in [1.54, 1.807) is 20.8 Å². The summed E-state index contributed by atoms with van der Waals surface area (Å²) in [6.07, 6.45) is 18.9. The third-order valence-corrected chi connectivity index (χ3v) is 8.16. The van der Waals surface area contributed by atoms with Crippen LogP contribution in [0, 0.1) is 0 Å². The number of ketones is 1. The lowest BCUT2D eigenvalue weighted by Gasteiger charge is -2.22. The number of carbonyl (C=O) groups excluding carboxylic acids is 1. The van der Waals surface area contributed by atoms with Crippen LogP contribution in [0.4, 0.5) is 0 Å². The van der Waals surface area contributed by atoms with E-state index in [-0.39, 0.29) is 39.5 Å². The summed E-state index contributed by atoms with van der Waals surface area (Å²) < 4.78 is 43.1. The molecule has 0 aromatic rings. The standard InChI is InChI=1S/C27H56O9P2.CH4/c1-5-6-7-8-9-10-11-12-13-14-15-16-17-21-26(28)22-18-19-23-33-37(29,30)34-24-20-25-35-38(31,32)36-27(2,3)4;/h5-25H2,1-4H3,(H,29,30)(H,31,32);1H4. The summed E-state index contributed by atoms with van der Waals surface area (Å²) >= 11 is 0. The van der Waals surface area contributed by atoms with Gasteiger partial charge in [-0.05, 0) is 46.5 Å². The first-order chi connectivity index (χ1) is 17.9. The summed E-state index contributed by atoms with van der Waals surface area (Å²) in [6, 6.07) is 0. The molecule has 0 saturated heterocycles. The van der Waals surface area contributed by atoms with Gasteiger partial charge in [0.05, 0.1) is 25.4 Å². The van der Waals surface area contributed by atoms with Crippen molar-refractivity contribution in [2.45, 2.75) is 156 Å². The van der Waals surface area contributed by atoms with Gasteiger partial charge in [-0.25, -0.2) is 9.13 Å². The lowest BCUT2D eigenvalue weighted by molar-refractivity contribution is -0.119. The Morgan fingerprint density at radius 3 is 1.38 bits per heavy atom. The van der Waals surface area contributed by atoms with Crippen molar-refractivity contribution >= 4 is 21.4 Å². The van der Waals surface area contributed by atoms with Crippen molar-refractivity contribution in [3.05, 3.63) is 0 Å². The van der Waals surface area contributed by atoms with Crippen LogP contribution in [-0.2, 0) is 32.0 Å². The van der Waals surface area contributed by atoms with Crippen LogP contribution in [-0.4, -0.2) is 41.0 Å². The number of Topliss-reactive ketones (excluding diaryl/α,β-unsaturated/α-hetero) is 1. The van der Waals surface area contributed by atoms with Gasteiger partial charge >= 0.3 is 15.6 Å². The molecular weight excluding hydrogens is 542 g/mol. The van der Waals surface area contributed by atoms with E-state index in [1.807, 2.05) is 0 Å². The maximum atomic E-state index is 12.0. The Labute approximate surface area is 239 Å². The molecule has 0 bridgehead atoms. The molecule has 2 atom stereocenters. The third kappa shape index (κ3) is 30.7. The second-order valence-electron chi connectivity index (χ2n) is 11.0. The van der Waals surface area contributed by atoms with Gasteiger partial charge in [-0.15, -0.1) is 0 Å². The van der Waals surface area contributed by atoms with Crippen molar-refractivity contribution in [1.29, 1.82) is 0 Å². The molecule has 0 aliphatic carbocycles. The largest absolute Gasteiger partial charge is 0.472 e. The van der Waals surface area contributed by atoms with Crippen molar-refractivity contribution in [2.75, 3.05) is 19.8 Å². The predicted molar refractivity (Wildman–Crippen MR) is 159 cm³/mol. The van der Waals surface area contributed by atoms with Gasteiger partial charge in [-0.2, -0.15) is 0 Å². The Hall–Kier alpha value is -0.110. The first-order valence-electron chi connectivity index (χ1n) is 14.7. The molecular formula is C28H60O9P2. The van der Waals surface area contributed by atoms with E-state index in [4.69, 9.17) is 18.1 Å². The molecule has 0 aliphatic heterocycles. The Bertz CT molecular complexity index is 680. The Kier molecular flexibility index (Phi) is 25.8. The maximum absolute atomic E-state index is 12.0. The van der Waals surface area contributed by atoms with Crippen molar-refractivity contribution < 1.29 is 41.8 Å². The zero-order chi connectivity index (χ0) is 28.8. The highest BCUT2D eigenvalue weighted by Gasteiger charge is 2.28. The van der Waals surface area contributed by atoms with Gasteiger partial charge < -0.3 is 9.79 Å². The van der Waals surface area contributed by atoms with Gasteiger partial charge in [0.2, 0.25) is 0 Å². The summed E-state index contributed by atoms with van der Waals surface area (Å²) in [5, 5.41) is 0. The quantitative estimate of drug-likeness (QED) is 0.0698. The average molecular weight is 603 g/mol. The second kappa shape index (κ2) is 24.5. The van der Waals surface area contributed by atoms with Crippen LogP contribution in [0.15, 0.2) is 0 Å². The topological polar surface area (TPSA) is 129 Å². The number of rotatable bonds is 27. The summed E-state index contributed by atoms with van der Waals surface area (Å²) in [5.74, 6) is 0.230. The first kappa shape index (κ1) is 41.0. The monoisotopic (exact) mass is 602 g/mol. The Morgan fingerprint density at radius 2 is 0.949 bits per heavy atom. The molecule has 0 aromatic heterocycles. The van der Waals surface area contributed by atoms with Gasteiger partial charge in [0, 0.05) is 12.8 Å². The number of hydrogen-bond donors (Lipinski definition) is 2. The number of carbonyl (C=O) groups is 1. The lowest BCUT2D eigenvalue weighted by Crippen LogP contribution is -2.18. The van der Waals surface area contributed by atoms with Crippen molar-refractivity contribution in [3.63, 3.8) is 0 Å². The van der Waals surface area contributed by atoms with E-state index >= 15 is 0 Å². The minimum Gasteiger partial charge on any atom is -0.302 e. The molecule has 0 aromatic carbocycles. The maximum Gasteiger partial charge on any atom is 0.472 e. The Balaban J connectivity index is 0. The van der Waals surface area contributed by atoms with Gasteiger partial charge in [0.1, 0.15) is 5.78 Å². The molecule has 9 nitrogen and oxygen atoms in total. The number of phosphoric ester groups is 2. The van der Waals surface area contributed by atoms with Gasteiger partial charge in [0.15, 0.2) is 0 Å². The molecule has 39 heavy (non-hydrogen) atoms. The molecule has 0 radical (unpaired) electrons. The highest BCUT2D eigenvalue weighted by atomic mass is 31.2. The van der Waals surface area contributed by atoms with Gasteiger partial charge in [0.25, 0.3) is 0 Å². The van der Waals surface area contributed by atoms with Crippen LogP contribution in [0.3, 0.4) is 0 Å². The fourth-order valence-electron chi connectivity index (χ4n) is 3.90. The van der Waals surface area contributed by atoms with E-state index in [0.29, 0.717) is 25.7 Å². The molecule has 0 saturated carbocycles. The van der Waals surface area contributed by atoms with Gasteiger partial charge in [-0.3, -0.25) is 22.9 Å². The third-order valence-electron chi connectivity index (χ3n) is 5.85. The van der Waals surface area contributed by atoms with Crippen LogP contribution >= 0.6 is 15.6 Å².